The van der Waals surface area contributed by atoms with E-state index < -0.39 is 0 Å². The molecule has 4 aromatic rings. The second-order valence-corrected chi connectivity index (χ2v) is 7.51. The summed E-state index contributed by atoms with van der Waals surface area (Å²) in [5.41, 5.74) is 2.25. The molecular formula is C21H17ClFN7O. The van der Waals surface area contributed by atoms with E-state index in [1.807, 2.05) is 0 Å². The molecule has 0 aliphatic carbocycles. The number of hydrogen-bond donors (Lipinski definition) is 0. The van der Waals surface area contributed by atoms with E-state index in [1.54, 1.807) is 46.0 Å². The highest BCUT2D eigenvalue weighted by Gasteiger charge is 2.26. The zero-order valence-electron chi connectivity index (χ0n) is 16.3. The maximum Gasteiger partial charge on any atom is 0.255 e. The van der Waals surface area contributed by atoms with Gasteiger partial charge in [0, 0.05) is 26.2 Å². The Kier molecular flexibility index (Phi) is 4.95. The van der Waals surface area contributed by atoms with Crippen molar-refractivity contribution in [2.45, 2.75) is 0 Å². The molecule has 0 spiro atoms. The van der Waals surface area contributed by atoms with Crippen molar-refractivity contribution in [3.8, 4) is 5.69 Å². The quantitative estimate of drug-likeness (QED) is 0.490. The van der Waals surface area contributed by atoms with Crippen molar-refractivity contribution >= 4 is 34.5 Å². The van der Waals surface area contributed by atoms with Crippen LogP contribution in [-0.4, -0.2) is 61.9 Å². The van der Waals surface area contributed by atoms with E-state index >= 15 is 0 Å². The average Bonchev–Trinajstić information content (AvgIpc) is 3.24. The zero-order valence-corrected chi connectivity index (χ0v) is 17.1. The number of nitrogens with zero attached hydrogens (tertiary/aromatic N) is 7. The lowest BCUT2D eigenvalue weighted by Crippen LogP contribution is -2.49. The van der Waals surface area contributed by atoms with Crippen LogP contribution in [0.3, 0.4) is 0 Å². The molecule has 0 radical (unpaired) electrons. The van der Waals surface area contributed by atoms with Gasteiger partial charge in [-0.3, -0.25) is 4.79 Å². The first-order chi connectivity index (χ1) is 15.1. The predicted octanol–water partition coefficient (Wildman–Crippen LogP) is 2.97. The van der Waals surface area contributed by atoms with Crippen LogP contribution in [0, 0.1) is 5.82 Å². The Morgan fingerprint density at radius 3 is 2.45 bits per heavy atom. The molecule has 0 saturated carbocycles. The van der Waals surface area contributed by atoms with E-state index in [0.717, 1.165) is 0 Å². The smallest absolute Gasteiger partial charge is 0.255 e. The van der Waals surface area contributed by atoms with Crippen LogP contribution >= 0.6 is 11.6 Å². The molecule has 1 fully saturated rings. The summed E-state index contributed by atoms with van der Waals surface area (Å²) in [4.78, 5) is 25.4. The third kappa shape index (κ3) is 3.57. The number of hydrogen-bond acceptors (Lipinski definition) is 6. The molecule has 0 bridgehead atoms. The van der Waals surface area contributed by atoms with Crippen molar-refractivity contribution in [2.24, 2.45) is 0 Å². The Morgan fingerprint density at radius 2 is 1.71 bits per heavy atom. The van der Waals surface area contributed by atoms with Crippen molar-refractivity contribution in [3.63, 3.8) is 0 Å². The Labute approximate surface area is 181 Å². The number of aromatic nitrogens is 5. The fraction of sp³-hybridized carbons (Fsp3) is 0.190. The summed E-state index contributed by atoms with van der Waals surface area (Å²) in [5.74, 6) is 0.247. The van der Waals surface area contributed by atoms with Crippen molar-refractivity contribution in [3.05, 3.63) is 71.3 Å². The van der Waals surface area contributed by atoms with Crippen LogP contribution in [0.5, 0.6) is 0 Å². The topological polar surface area (TPSA) is 80.0 Å². The number of halogens is 2. The number of amides is 1. The average molecular weight is 438 g/mol. The minimum absolute atomic E-state index is 0.0830. The monoisotopic (exact) mass is 437 g/mol. The third-order valence-electron chi connectivity index (χ3n) is 5.26. The van der Waals surface area contributed by atoms with Gasteiger partial charge in [-0.1, -0.05) is 28.9 Å². The molecule has 1 aliphatic rings. The molecule has 1 amide bonds. The van der Waals surface area contributed by atoms with Crippen LogP contribution in [0.1, 0.15) is 10.4 Å². The second kappa shape index (κ2) is 7.92. The summed E-state index contributed by atoms with van der Waals surface area (Å²) in [6, 6.07) is 13.0. The van der Waals surface area contributed by atoms with E-state index in [-0.39, 0.29) is 11.7 Å². The van der Waals surface area contributed by atoms with Gasteiger partial charge in [0.25, 0.3) is 5.91 Å². The third-order valence-corrected chi connectivity index (χ3v) is 5.59. The van der Waals surface area contributed by atoms with Crippen LogP contribution < -0.4 is 4.90 Å². The summed E-state index contributed by atoms with van der Waals surface area (Å²) in [5, 5.41) is 8.89. The first-order valence-corrected chi connectivity index (χ1v) is 10.1. The van der Waals surface area contributed by atoms with Gasteiger partial charge in [0.05, 0.1) is 16.3 Å². The molecule has 1 aliphatic heterocycles. The fourth-order valence-corrected chi connectivity index (χ4v) is 3.87. The SMILES string of the molecule is O=C(c1ccccc1Cl)N1CCN(c2ncnc3c2nnn3-c2ccc(F)cc2)CC1. The minimum atomic E-state index is -0.326. The number of piperazine rings is 1. The molecule has 8 nitrogen and oxygen atoms in total. The summed E-state index contributed by atoms with van der Waals surface area (Å²) >= 11 is 6.18. The van der Waals surface area contributed by atoms with Crippen LogP contribution in [0.2, 0.25) is 5.02 Å². The number of anilines is 1. The first-order valence-electron chi connectivity index (χ1n) is 9.73. The van der Waals surface area contributed by atoms with Crippen molar-refractivity contribution in [1.29, 1.82) is 0 Å². The number of rotatable bonds is 3. The van der Waals surface area contributed by atoms with Gasteiger partial charge in [0.1, 0.15) is 12.1 Å². The van der Waals surface area contributed by atoms with E-state index in [9.17, 15) is 9.18 Å². The molecule has 3 heterocycles. The second-order valence-electron chi connectivity index (χ2n) is 7.11. The highest BCUT2D eigenvalue weighted by molar-refractivity contribution is 6.33. The predicted molar refractivity (Wildman–Crippen MR) is 114 cm³/mol. The molecule has 1 saturated heterocycles. The summed E-state index contributed by atoms with van der Waals surface area (Å²) in [6.45, 7) is 2.24. The molecule has 0 unspecified atom stereocenters. The van der Waals surface area contributed by atoms with Crippen molar-refractivity contribution < 1.29 is 9.18 Å². The van der Waals surface area contributed by atoms with Crippen molar-refractivity contribution in [2.75, 3.05) is 31.1 Å². The summed E-state index contributed by atoms with van der Waals surface area (Å²) in [7, 11) is 0. The van der Waals surface area contributed by atoms with E-state index in [1.165, 1.54) is 18.5 Å². The standard InChI is InChI=1S/C21H17ClFN7O/c22-17-4-2-1-3-16(17)21(31)29-11-9-28(10-12-29)19-18-20(25-13-24-19)30(27-26-18)15-7-5-14(23)6-8-15/h1-8,13H,9-12H2. The van der Waals surface area contributed by atoms with Gasteiger partial charge in [-0.15, -0.1) is 5.10 Å². The van der Waals surface area contributed by atoms with Crippen LogP contribution in [0.4, 0.5) is 10.2 Å². The Balaban J connectivity index is 1.37. The normalized spacial score (nSPS) is 14.3. The Bertz CT molecular complexity index is 1250. The van der Waals surface area contributed by atoms with Crippen LogP contribution in [-0.2, 0) is 0 Å². The van der Waals surface area contributed by atoms with Gasteiger partial charge in [-0.25, -0.2) is 14.4 Å². The van der Waals surface area contributed by atoms with Gasteiger partial charge < -0.3 is 9.80 Å². The molecular weight excluding hydrogens is 421 g/mol. The van der Waals surface area contributed by atoms with Crippen LogP contribution in [0.15, 0.2) is 54.9 Å². The number of benzene rings is 2. The van der Waals surface area contributed by atoms with Crippen LogP contribution in [0.25, 0.3) is 16.9 Å². The maximum absolute atomic E-state index is 13.3. The highest BCUT2D eigenvalue weighted by atomic mass is 35.5. The Hall–Kier alpha value is -3.59. The molecule has 2 aromatic heterocycles. The molecule has 31 heavy (non-hydrogen) atoms. The van der Waals surface area contributed by atoms with Gasteiger partial charge in [0.2, 0.25) is 0 Å². The molecule has 0 N–H and O–H groups in total. The molecule has 10 heteroatoms. The zero-order chi connectivity index (χ0) is 21.4. The summed E-state index contributed by atoms with van der Waals surface area (Å²) in [6.07, 6.45) is 1.46. The Morgan fingerprint density at radius 1 is 0.968 bits per heavy atom. The minimum Gasteiger partial charge on any atom is -0.351 e. The van der Waals surface area contributed by atoms with Crippen molar-refractivity contribution in [1.82, 2.24) is 29.9 Å². The highest BCUT2D eigenvalue weighted by Crippen LogP contribution is 2.24. The first kappa shape index (κ1) is 19.4. The van der Waals surface area contributed by atoms with E-state index in [2.05, 4.69) is 25.2 Å². The van der Waals surface area contributed by atoms with Gasteiger partial charge in [-0.2, -0.15) is 4.68 Å². The van der Waals surface area contributed by atoms with Gasteiger partial charge in [-0.05, 0) is 36.4 Å². The molecule has 0 atom stereocenters. The largest absolute Gasteiger partial charge is 0.351 e. The molecule has 156 valence electrons. The lowest BCUT2D eigenvalue weighted by atomic mass is 10.2. The van der Waals surface area contributed by atoms with E-state index in [0.29, 0.717) is 59.4 Å². The number of carbonyl (C=O) groups excluding carboxylic acids is 1. The lowest BCUT2D eigenvalue weighted by molar-refractivity contribution is 0.0747. The fourth-order valence-electron chi connectivity index (χ4n) is 3.65. The van der Waals surface area contributed by atoms with E-state index in [4.69, 9.17) is 11.6 Å². The number of carbonyl (C=O) groups is 1. The lowest BCUT2D eigenvalue weighted by Gasteiger charge is -2.35. The summed E-state index contributed by atoms with van der Waals surface area (Å²) < 4.78 is 14.8. The molecule has 2 aromatic carbocycles. The number of fused-ring (bicyclic) bond motifs is 1. The molecule has 5 rings (SSSR count). The maximum atomic E-state index is 13.3. The van der Waals surface area contributed by atoms with Gasteiger partial charge in [0.15, 0.2) is 17.0 Å². The van der Waals surface area contributed by atoms with Gasteiger partial charge >= 0.3 is 0 Å².